The molecule has 1 aliphatic rings. The number of cyclic esters (lactones) is 1. The number of rotatable bonds is 4. The van der Waals surface area contributed by atoms with E-state index in [1.54, 1.807) is 60.7 Å². The van der Waals surface area contributed by atoms with Crippen molar-refractivity contribution >= 4 is 58.1 Å². The SMILES string of the molecule is Cc1cccc(C(=O)Oc2ccc(/C=C3\N=C(c4cc(I)ccc4Cl)OC3=O)cc2)c1. The maximum Gasteiger partial charge on any atom is 0.363 e. The topological polar surface area (TPSA) is 65.0 Å². The van der Waals surface area contributed by atoms with Gasteiger partial charge in [0.05, 0.1) is 16.1 Å². The Bertz CT molecular complexity index is 1250. The van der Waals surface area contributed by atoms with Gasteiger partial charge in [0.2, 0.25) is 5.90 Å². The monoisotopic (exact) mass is 543 g/mol. The van der Waals surface area contributed by atoms with Crippen molar-refractivity contribution in [2.45, 2.75) is 6.92 Å². The Hall–Kier alpha value is -2.97. The van der Waals surface area contributed by atoms with Crippen molar-refractivity contribution in [3.63, 3.8) is 0 Å². The first-order valence-electron chi connectivity index (χ1n) is 9.26. The molecular weight excluding hydrogens is 529 g/mol. The van der Waals surface area contributed by atoms with Crippen molar-refractivity contribution in [2.75, 3.05) is 0 Å². The number of esters is 2. The Kier molecular flexibility index (Phi) is 6.20. The van der Waals surface area contributed by atoms with Crippen LogP contribution in [0.4, 0.5) is 0 Å². The van der Waals surface area contributed by atoms with Gasteiger partial charge in [0.25, 0.3) is 0 Å². The molecule has 0 N–H and O–H groups in total. The first kappa shape index (κ1) is 21.3. The Balaban J connectivity index is 1.51. The van der Waals surface area contributed by atoms with Gasteiger partial charge in [-0.25, -0.2) is 14.6 Å². The Labute approximate surface area is 197 Å². The molecule has 0 aromatic heterocycles. The summed E-state index contributed by atoms with van der Waals surface area (Å²) in [7, 11) is 0. The summed E-state index contributed by atoms with van der Waals surface area (Å²) in [6.07, 6.45) is 1.60. The van der Waals surface area contributed by atoms with Gasteiger partial charge >= 0.3 is 11.9 Å². The molecule has 1 heterocycles. The summed E-state index contributed by atoms with van der Waals surface area (Å²) in [4.78, 5) is 28.8. The number of hydrogen-bond acceptors (Lipinski definition) is 5. The van der Waals surface area contributed by atoms with Crippen molar-refractivity contribution in [2.24, 2.45) is 4.99 Å². The predicted molar refractivity (Wildman–Crippen MR) is 127 cm³/mol. The number of nitrogens with zero attached hydrogens (tertiary/aromatic N) is 1. The van der Waals surface area contributed by atoms with Crippen LogP contribution < -0.4 is 4.74 Å². The highest BCUT2D eigenvalue weighted by Crippen LogP contribution is 2.26. The second-order valence-corrected chi connectivity index (χ2v) is 8.44. The first-order valence-corrected chi connectivity index (χ1v) is 10.7. The Morgan fingerprint density at radius 3 is 2.61 bits per heavy atom. The number of aryl methyl sites for hydroxylation is 1. The standard InChI is InChI=1S/C24H15ClINO4/c1-14-3-2-4-16(11-14)23(28)30-18-8-5-15(6-9-18)12-21-24(29)31-22(27-21)19-13-17(26)7-10-20(19)25/h2-13H,1H3/b21-12-. The molecule has 4 rings (SSSR count). The summed E-state index contributed by atoms with van der Waals surface area (Å²) < 4.78 is 11.6. The second kappa shape index (κ2) is 9.03. The van der Waals surface area contributed by atoms with Crippen molar-refractivity contribution in [3.8, 4) is 5.75 Å². The summed E-state index contributed by atoms with van der Waals surface area (Å²) in [5.41, 5.74) is 2.89. The fourth-order valence-corrected chi connectivity index (χ4v) is 3.60. The molecule has 0 saturated heterocycles. The maximum atomic E-state index is 12.3. The van der Waals surface area contributed by atoms with Gasteiger partial charge in [-0.05, 0) is 83.6 Å². The highest BCUT2D eigenvalue weighted by atomic mass is 127. The minimum atomic E-state index is -0.556. The van der Waals surface area contributed by atoms with Crippen molar-refractivity contribution < 1.29 is 19.1 Å². The molecule has 0 unspecified atom stereocenters. The number of benzene rings is 3. The molecule has 0 spiro atoms. The van der Waals surface area contributed by atoms with Crippen LogP contribution in [0, 0.1) is 10.5 Å². The van der Waals surface area contributed by atoms with E-state index in [0.29, 0.717) is 27.5 Å². The molecule has 0 atom stereocenters. The minimum Gasteiger partial charge on any atom is -0.423 e. The Morgan fingerprint density at radius 1 is 1.10 bits per heavy atom. The molecule has 31 heavy (non-hydrogen) atoms. The lowest BCUT2D eigenvalue weighted by Crippen LogP contribution is -2.08. The van der Waals surface area contributed by atoms with Gasteiger partial charge < -0.3 is 9.47 Å². The van der Waals surface area contributed by atoms with Crippen molar-refractivity contribution in [3.05, 3.63) is 103 Å². The molecule has 0 fully saturated rings. The number of aliphatic imine (C=N–C) groups is 1. The molecular formula is C24H15ClINO4. The van der Waals surface area contributed by atoms with Crippen LogP contribution in [0.2, 0.25) is 5.02 Å². The van der Waals surface area contributed by atoms with Crippen LogP contribution in [0.25, 0.3) is 6.08 Å². The molecule has 0 saturated carbocycles. The molecule has 0 aliphatic carbocycles. The molecule has 0 bridgehead atoms. The van der Waals surface area contributed by atoms with Crippen LogP contribution in [0.5, 0.6) is 5.75 Å². The van der Waals surface area contributed by atoms with Gasteiger partial charge in [-0.15, -0.1) is 0 Å². The fraction of sp³-hybridized carbons (Fsp3) is 0.0417. The third-order valence-electron chi connectivity index (χ3n) is 4.43. The van der Waals surface area contributed by atoms with Crippen LogP contribution in [0.15, 0.2) is 77.4 Å². The number of hydrogen-bond donors (Lipinski definition) is 0. The lowest BCUT2D eigenvalue weighted by atomic mass is 10.1. The van der Waals surface area contributed by atoms with Crippen LogP contribution >= 0.6 is 34.2 Å². The normalized spacial score (nSPS) is 14.4. The Morgan fingerprint density at radius 2 is 1.87 bits per heavy atom. The lowest BCUT2D eigenvalue weighted by molar-refractivity contribution is -0.129. The highest BCUT2D eigenvalue weighted by molar-refractivity contribution is 14.1. The third kappa shape index (κ3) is 5.03. The van der Waals surface area contributed by atoms with E-state index in [4.69, 9.17) is 21.1 Å². The zero-order valence-electron chi connectivity index (χ0n) is 16.3. The maximum absolute atomic E-state index is 12.3. The summed E-state index contributed by atoms with van der Waals surface area (Å²) >= 11 is 8.36. The van der Waals surface area contributed by atoms with Gasteiger partial charge in [-0.2, -0.15) is 0 Å². The van der Waals surface area contributed by atoms with E-state index in [1.165, 1.54) is 0 Å². The van der Waals surface area contributed by atoms with E-state index < -0.39 is 11.9 Å². The van der Waals surface area contributed by atoms with E-state index in [0.717, 1.165) is 9.13 Å². The van der Waals surface area contributed by atoms with E-state index in [9.17, 15) is 9.59 Å². The molecule has 0 amide bonds. The number of ether oxygens (including phenoxy) is 2. The van der Waals surface area contributed by atoms with Gasteiger partial charge in [-0.1, -0.05) is 41.4 Å². The molecule has 5 nitrogen and oxygen atoms in total. The smallest absolute Gasteiger partial charge is 0.363 e. The third-order valence-corrected chi connectivity index (χ3v) is 5.43. The van der Waals surface area contributed by atoms with Crippen molar-refractivity contribution in [1.29, 1.82) is 0 Å². The number of halogens is 2. The summed E-state index contributed by atoms with van der Waals surface area (Å²) in [5.74, 6) is -0.418. The van der Waals surface area contributed by atoms with Crippen LogP contribution in [-0.2, 0) is 9.53 Å². The quantitative estimate of drug-likeness (QED) is 0.180. The minimum absolute atomic E-state index is 0.162. The molecule has 0 radical (unpaired) electrons. The van der Waals surface area contributed by atoms with Crippen LogP contribution in [0.3, 0.4) is 0 Å². The first-order chi connectivity index (χ1) is 14.9. The zero-order valence-corrected chi connectivity index (χ0v) is 19.2. The second-order valence-electron chi connectivity index (χ2n) is 6.79. The van der Waals surface area contributed by atoms with Gasteiger partial charge in [0.15, 0.2) is 5.70 Å². The van der Waals surface area contributed by atoms with E-state index in [1.807, 2.05) is 19.1 Å². The van der Waals surface area contributed by atoms with E-state index in [2.05, 4.69) is 27.6 Å². The number of carbonyl (C=O) groups is 2. The van der Waals surface area contributed by atoms with Crippen LogP contribution in [0.1, 0.15) is 27.0 Å². The van der Waals surface area contributed by atoms with Crippen LogP contribution in [-0.4, -0.2) is 17.8 Å². The summed E-state index contributed by atoms with van der Waals surface area (Å²) in [6.45, 7) is 1.91. The van der Waals surface area contributed by atoms with E-state index >= 15 is 0 Å². The largest absolute Gasteiger partial charge is 0.423 e. The molecule has 3 aromatic rings. The molecule has 1 aliphatic heterocycles. The van der Waals surface area contributed by atoms with E-state index in [-0.39, 0.29) is 11.6 Å². The predicted octanol–water partition coefficient (Wildman–Crippen LogP) is 5.82. The molecule has 7 heteroatoms. The van der Waals surface area contributed by atoms with Gasteiger partial charge in [0, 0.05) is 3.57 Å². The lowest BCUT2D eigenvalue weighted by Gasteiger charge is -2.05. The molecule has 3 aromatic carbocycles. The van der Waals surface area contributed by atoms with Gasteiger partial charge in [-0.3, -0.25) is 0 Å². The summed E-state index contributed by atoms with van der Waals surface area (Å²) in [6, 6.07) is 19.3. The fourth-order valence-electron chi connectivity index (χ4n) is 2.91. The average molecular weight is 544 g/mol. The zero-order chi connectivity index (χ0) is 22.0. The number of carbonyl (C=O) groups excluding carboxylic acids is 2. The average Bonchev–Trinajstić information content (AvgIpc) is 3.11. The van der Waals surface area contributed by atoms with Gasteiger partial charge in [0.1, 0.15) is 5.75 Å². The summed E-state index contributed by atoms with van der Waals surface area (Å²) in [5, 5.41) is 0.452. The highest BCUT2D eigenvalue weighted by Gasteiger charge is 2.25. The van der Waals surface area contributed by atoms with Crippen molar-refractivity contribution in [1.82, 2.24) is 0 Å². The molecule has 154 valence electrons.